The smallest absolute Gasteiger partial charge is 0.137 e. The fourth-order valence-electron chi connectivity index (χ4n) is 2.45. The summed E-state index contributed by atoms with van der Waals surface area (Å²) in [7, 11) is 0. The van der Waals surface area contributed by atoms with Crippen LogP contribution in [0.3, 0.4) is 0 Å². The highest BCUT2D eigenvalue weighted by molar-refractivity contribution is 5.80. The lowest BCUT2D eigenvalue weighted by atomic mass is 10.1. The quantitative estimate of drug-likeness (QED) is 0.139. The van der Waals surface area contributed by atoms with Gasteiger partial charge in [-0.05, 0) is 13.8 Å². The first kappa shape index (κ1) is 34.3. The molecule has 0 aromatic heterocycles. The molecule has 0 heterocycles. The summed E-state index contributed by atoms with van der Waals surface area (Å²) in [6, 6.07) is 0. The molecular formula is C25H50O10. The molecule has 0 aliphatic heterocycles. The lowest BCUT2D eigenvalue weighted by Crippen LogP contribution is -2.15. The van der Waals surface area contributed by atoms with Gasteiger partial charge in [0.15, 0.2) is 0 Å². The minimum atomic E-state index is 0.0665. The fraction of sp³-hybridized carbons (Fsp3) is 0.960. The Hall–Kier alpha value is -0.690. The first-order chi connectivity index (χ1) is 17.0. The number of carbonyl (C=O) groups is 1. The normalized spacial score (nSPS) is 11.7. The predicted molar refractivity (Wildman–Crippen MR) is 132 cm³/mol. The zero-order valence-electron chi connectivity index (χ0n) is 22.5. The highest BCUT2D eigenvalue weighted by atomic mass is 16.6. The number of hydrogen-bond donors (Lipinski definition) is 0. The van der Waals surface area contributed by atoms with E-state index in [0.29, 0.717) is 119 Å². The summed E-state index contributed by atoms with van der Waals surface area (Å²) in [6.07, 6.45) is 0.694. The van der Waals surface area contributed by atoms with E-state index in [0.717, 1.165) is 0 Å². The topological polar surface area (TPSA) is 100 Å². The van der Waals surface area contributed by atoms with E-state index in [1.807, 2.05) is 27.7 Å². The van der Waals surface area contributed by atoms with Crippen molar-refractivity contribution in [3.63, 3.8) is 0 Å². The van der Waals surface area contributed by atoms with Crippen LogP contribution in [-0.2, 0) is 47.4 Å². The Bertz CT molecular complexity index is 434. The molecule has 0 spiro atoms. The Balaban J connectivity index is 3.06. The Labute approximate surface area is 212 Å². The van der Waals surface area contributed by atoms with Crippen LogP contribution in [-0.4, -0.2) is 124 Å². The van der Waals surface area contributed by atoms with Gasteiger partial charge < -0.3 is 42.6 Å². The average molecular weight is 511 g/mol. The van der Waals surface area contributed by atoms with Crippen LogP contribution in [0, 0.1) is 5.92 Å². The standard InChI is InChI=1S/C25H50O10/c1-23(2)25(26)5-6-27-7-8-28-9-10-29-11-12-30-13-14-31-15-16-32-17-18-33-19-20-34-21-22-35-24(3)4/h23-24H,5-22H2,1-4H3. The molecular weight excluding hydrogens is 460 g/mol. The minimum Gasteiger partial charge on any atom is -0.379 e. The van der Waals surface area contributed by atoms with Crippen molar-refractivity contribution in [2.24, 2.45) is 5.92 Å². The molecule has 0 atom stereocenters. The molecule has 0 unspecified atom stereocenters. The van der Waals surface area contributed by atoms with Crippen molar-refractivity contribution >= 4 is 5.78 Å². The van der Waals surface area contributed by atoms with Crippen molar-refractivity contribution in [3.05, 3.63) is 0 Å². The van der Waals surface area contributed by atoms with E-state index in [1.54, 1.807) is 0 Å². The monoisotopic (exact) mass is 510 g/mol. The molecule has 10 nitrogen and oxygen atoms in total. The van der Waals surface area contributed by atoms with Crippen LogP contribution < -0.4 is 0 Å². The third kappa shape index (κ3) is 29.4. The van der Waals surface area contributed by atoms with Gasteiger partial charge in [0.2, 0.25) is 0 Å². The maximum Gasteiger partial charge on any atom is 0.137 e. The molecule has 0 aromatic rings. The maximum atomic E-state index is 11.4. The van der Waals surface area contributed by atoms with E-state index < -0.39 is 0 Å². The molecule has 0 bridgehead atoms. The second-order valence-electron chi connectivity index (χ2n) is 8.19. The number of hydrogen-bond acceptors (Lipinski definition) is 10. The van der Waals surface area contributed by atoms with E-state index in [2.05, 4.69) is 0 Å². The maximum absolute atomic E-state index is 11.4. The lowest BCUT2D eigenvalue weighted by molar-refractivity contribution is -0.123. The van der Waals surface area contributed by atoms with Crippen LogP contribution in [0.5, 0.6) is 0 Å². The highest BCUT2D eigenvalue weighted by Gasteiger charge is 2.06. The molecule has 0 amide bonds. The van der Waals surface area contributed by atoms with Gasteiger partial charge in [-0.3, -0.25) is 4.79 Å². The van der Waals surface area contributed by atoms with Crippen LogP contribution in [0.4, 0.5) is 0 Å². The van der Waals surface area contributed by atoms with Gasteiger partial charge in [0, 0.05) is 12.3 Å². The second-order valence-corrected chi connectivity index (χ2v) is 8.19. The first-order valence-electron chi connectivity index (χ1n) is 12.8. The molecule has 35 heavy (non-hydrogen) atoms. The summed E-state index contributed by atoms with van der Waals surface area (Å²) in [5.74, 6) is 0.289. The van der Waals surface area contributed by atoms with Crippen molar-refractivity contribution < 1.29 is 47.4 Å². The minimum absolute atomic E-state index is 0.0665. The number of rotatable bonds is 29. The molecule has 0 aliphatic carbocycles. The Morgan fingerprint density at radius 2 is 0.686 bits per heavy atom. The molecule has 0 aliphatic rings. The number of carbonyl (C=O) groups excluding carboxylic acids is 1. The van der Waals surface area contributed by atoms with E-state index >= 15 is 0 Å². The fourth-order valence-corrected chi connectivity index (χ4v) is 2.45. The van der Waals surface area contributed by atoms with Gasteiger partial charge >= 0.3 is 0 Å². The molecule has 0 saturated heterocycles. The van der Waals surface area contributed by atoms with Gasteiger partial charge in [-0.15, -0.1) is 0 Å². The van der Waals surface area contributed by atoms with Gasteiger partial charge in [0.25, 0.3) is 0 Å². The van der Waals surface area contributed by atoms with Crippen LogP contribution >= 0.6 is 0 Å². The molecule has 0 aromatic carbocycles. The van der Waals surface area contributed by atoms with Crippen LogP contribution in [0.2, 0.25) is 0 Å². The summed E-state index contributed by atoms with van der Waals surface area (Å²) < 4.78 is 48.7. The summed E-state index contributed by atoms with van der Waals surface area (Å²) >= 11 is 0. The number of Topliss-reactive ketones (excluding diaryl/α,β-unsaturated/α-hetero) is 1. The van der Waals surface area contributed by atoms with E-state index in [9.17, 15) is 4.79 Å². The Kier molecular flexibility index (Phi) is 27.3. The number of ketones is 1. The molecule has 0 fully saturated rings. The van der Waals surface area contributed by atoms with Crippen molar-refractivity contribution in [1.29, 1.82) is 0 Å². The Morgan fingerprint density at radius 1 is 0.429 bits per heavy atom. The summed E-state index contributed by atoms with van der Waals surface area (Å²) in [6.45, 7) is 16.7. The summed E-state index contributed by atoms with van der Waals surface area (Å²) in [4.78, 5) is 11.4. The van der Waals surface area contributed by atoms with Crippen molar-refractivity contribution in [1.82, 2.24) is 0 Å². The predicted octanol–water partition coefficient (Wildman–Crippen LogP) is 2.16. The number of ether oxygens (including phenoxy) is 9. The molecule has 0 N–H and O–H groups in total. The zero-order valence-corrected chi connectivity index (χ0v) is 22.5. The van der Waals surface area contributed by atoms with Crippen molar-refractivity contribution in [2.45, 2.75) is 40.2 Å². The van der Waals surface area contributed by atoms with E-state index in [1.165, 1.54) is 0 Å². The molecule has 10 heteroatoms. The third-order valence-electron chi connectivity index (χ3n) is 4.42. The second kappa shape index (κ2) is 27.9. The Morgan fingerprint density at radius 3 is 0.943 bits per heavy atom. The first-order valence-corrected chi connectivity index (χ1v) is 12.8. The molecule has 0 rings (SSSR count). The van der Waals surface area contributed by atoms with Gasteiger partial charge in [0.1, 0.15) is 5.78 Å². The van der Waals surface area contributed by atoms with Gasteiger partial charge in [-0.2, -0.15) is 0 Å². The summed E-state index contributed by atoms with van der Waals surface area (Å²) in [5.41, 5.74) is 0. The van der Waals surface area contributed by atoms with E-state index in [-0.39, 0.29) is 17.8 Å². The zero-order chi connectivity index (χ0) is 25.8. The third-order valence-corrected chi connectivity index (χ3v) is 4.42. The van der Waals surface area contributed by atoms with Crippen molar-refractivity contribution in [3.8, 4) is 0 Å². The molecule has 210 valence electrons. The van der Waals surface area contributed by atoms with Crippen LogP contribution in [0.15, 0.2) is 0 Å². The average Bonchev–Trinajstić information content (AvgIpc) is 2.83. The van der Waals surface area contributed by atoms with Gasteiger partial charge in [0.05, 0.1) is 118 Å². The van der Waals surface area contributed by atoms with Crippen molar-refractivity contribution in [2.75, 3.05) is 112 Å². The summed E-state index contributed by atoms with van der Waals surface area (Å²) in [5, 5.41) is 0. The van der Waals surface area contributed by atoms with E-state index in [4.69, 9.17) is 42.6 Å². The van der Waals surface area contributed by atoms with Gasteiger partial charge in [-0.25, -0.2) is 0 Å². The molecule has 0 radical (unpaired) electrons. The molecule has 0 saturated carbocycles. The highest BCUT2D eigenvalue weighted by Crippen LogP contribution is 1.98. The largest absolute Gasteiger partial charge is 0.379 e. The van der Waals surface area contributed by atoms with Crippen LogP contribution in [0.1, 0.15) is 34.1 Å². The van der Waals surface area contributed by atoms with Gasteiger partial charge in [-0.1, -0.05) is 13.8 Å². The van der Waals surface area contributed by atoms with Crippen LogP contribution in [0.25, 0.3) is 0 Å². The SMILES string of the molecule is CC(C)OCCOCCOCCOCCOCCOCCOCCOCCOCCC(=O)C(C)C. The lowest BCUT2D eigenvalue weighted by Gasteiger charge is -2.09.